The first-order chi connectivity index (χ1) is 7.52. The molecule has 0 aliphatic carbocycles. The molecule has 0 amide bonds. The molecule has 88 valence electrons. The highest BCUT2D eigenvalue weighted by Gasteiger charge is 2.27. The Hall–Kier alpha value is -1.16. The Morgan fingerprint density at radius 2 is 2.19 bits per heavy atom. The molecule has 1 atom stereocenters. The maximum absolute atomic E-state index is 13.9. The van der Waals surface area contributed by atoms with Crippen LogP contribution in [0.3, 0.4) is 0 Å². The zero-order valence-electron chi connectivity index (χ0n) is 9.75. The smallest absolute Gasteiger partial charge is 0.151 e. The predicted octanol–water partition coefficient (Wildman–Crippen LogP) is 2.47. The summed E-state index contributed by atoms with van der Waals surface area (Å²) in [5, 5.41) is 9.82. The molecule has 2 rings (SSSR count). The highest BCUT2D eigenvalue weighted by atomic mass is 19.1. The summed E-state index contributed by atoms with van der Waals surface area (Å²) in [4.78, 5) is 4.20. The molecule has 0 saturated heterocycles. The van der Waals surface area contributed by atoms with Crippen molar-refractivity contribution in [3.8, 4) is 5.75 Å². The van der Waals surface area contributed by atoms with Crippen molar-refractivity contribution in [1.82, 2.24) is 4.98 Å². The lowest BCUT2D eigenvalue weighted by Crippen LogP contribution is -2.19. The van der Waals surface area contributed by atoms with Gasteiger partial charge in [0.2, 0.25) is 0 Å². The molecule has 1 aromatic rings. The molecule has 0 bridgehead atoms. The summed E-state index contributed by atoms with van der Waals surface area (Å²) in [6.45, 7) is 5.84. The normalized spacial score (nSPS) is 19.5. The summed E-state index contributed by atoms with van der Waals surface area (Å²) in [6, 6.07) is 0. The summed E-state index contributed by atoms with van der Waals surface area (Å²) in [5.41, 5.74) is 1.34. The van der Waals surface area contributed by atoms with Crippen molar-refractivity contribution in [3.63, 3.8) is 0 Å². The second kappa shape index (κ2) is 4.01. The molecule has 2 heterocycles. The molecule has 0 spiro atoms. The standard InChI is InChI=1S/C12H16FNO2/c1-6(2)10-9(13)7(3)12-11(14-10)8(15)4-5-16-12/h6,8,15H,4-5H2,1-3H3. The predicted molar refractivity (Wildman–Crippen MR) is 58.1 cm³/mol. The Morgan fingerprint density at radius 3 is 2.81 bits per heavy atom. The third kappa shape index (κ3) is 1.67. The van der Waals surface area contributed by atoms with Gasteiger partial charge in [0.1, 0.15) is 17.5 Å². The third-order valence-corrected chi connectivity index (χ3v) is 2.87. The van der Waals surface area contributed by atoms with Gasteiger partial charge < -0.3 is 9.84 Å². The highest BCUT2D eigenvalue weighted by molar-refractivity contribution is 5.42. The van der Waals surface area contributed by atoms with Crippen LogP contribution in [0.15, 0.2) is 0 Å². The van der Waals surface area contributed by atoms with Gasteiger partial charge in [0, 0.05) is 12.0 Å². The Kier molecular flexibility index (Phi) is 2.84. The number of fused-ring (bicyclic) bond motifs is 1. The second-order valence-corrected chi connectivity index (χ2v) is 4.46. The van der Waals surface area contributed by atoms with Crippen molar-refractivity contribution in [2.75, 3.05) is 6.61 Å². The number of hydrogen-bond acceptors (Lipinski definition) is 3. The Morgan fingerprint density at radius 1 is 1.50 bits per heavy atom. The minimum Gasteiger partial charge on any atom is -0.491 e. The molecule has 1 unspecified atom stereocenters. The summed E-state index contributed by atoms with van der Waals surface area (Å²) >= 11 is 0. The fourth-order valence-corrected chi connectivity index (χ4v) is 1.91. The fourth-order valence-electron chi connectivity index (χ4n) is 1.91. The van der Waals surface area contributed by atoms with E-state index in [2.05, 4.69) is 4.98 Å². The lowest BCUT2D eigenvalue weighted by Gasteiger charge is -2.24. The minimum atomic E-state index is -0.638. The summed E-state index contributed by atoms with van der Waals surface area (Å²) < 4.78 is 19.3. The van der Waals surface area contributed by atoms with E-state index < -0.39 is 6.10 Å². The van der Waals surface area contributed by atoms with E-state index in [0.717, 1.165) is 0 Å². The minimum absolute atomic E-state index is 0.00173. The highest BCUT2D eigenvalue weighted by Crippen LogP contribution is 2.36. The first kappa shape index (κ1) is 11.3. The van der Waals surface area contributed by atoms with E-state index in [4.69, 9.17) is 4.74 Å². The van der Waals surface area contributed by atoms with Gasteiger partial charge in [-0.2, -0.15) is 0 Å². The average Bonchev–Trinajstić information content (AvgIpc) is 2.23. The average molecular weight is 225 g/mol. The number of rotatable bonds is 1. The number of hydrogen-bond donors (Lipinski definition) is 1. The monoisotopic (exact) mass is 225 g/mol. The maximum Gasteiger partial charge on any atom is 0.151 e. The maximum atomic E-state index is 13.9. The van der Waals surface area contributed by atoms with Gasteiger partial charge in [0.15, 0.2) is 5.82 Å². The fraction of sp³-hybridized carbons (Fsp3) is 0.583. The third-order valence-electron chi connectivity index (χ3n) is 2.87. The van der Waals surface area contributed by atoms with Gasteiger partial charge >= 0.3 is 0 Å². The van der Waals surface area contributed by atoms with E-state index in [1.807, 2.05) is 13.8 Å². The quantitative estimate of drug-likeness (QED) is 0.798. The van der Waals surface area contributed by atoms with Crippen molar-refractivity contribution in [1.29, 1.82) is 0 Å². The molecule has 0 fully saturated rings. The first-order valence-corrected chi connectivity index (χ1v) is 5.53. The number of aliphatic hydroxyl groups excluding tert-OH is 1. The van der Waals surface area contributed by atoms with Crippen LogP contribution in [0.5, 0.6) is 5.75 Å². The largest absolute Gasteiger partial charge is 0.491 e. The van der Waals surface area contributed by atoms with Crippen molar-refractivity contribution < 1.29 is 14.2 Å². The van der Waals surface area contributed by atoms with Crippen molar-refractivity contribution in [2.24, 2.45) is 0 Å². The van der Waals surface area contributed by atoms with Crippen LogP contribution in [0.1, 0.15) is 49.2 Å². The van der Waals surface area contributed by atoms with E-state index in [-0.39, 0.29) is 11.7 Å². The number of aromatic nitrogens is 1. The molecule has 1 aromatic heterocycles. The molecule has 1 aliphatic rings. The molecule has 0 saturated carbocycles. The summed E-state index contributed by atoms with van der Waals surface area (Å²) in [5.74, 6) is 0.0987. The van der Waals surface area contributed by atoms with Crippen LogP contribution in [0.25, 0.3) is 0 Å². The van der Waals surface area contributed by atoms with Gasteiger partial charge in [-0.1, -0.05) is 13.8 Å². The van der Waals surface area contributed by atoms with Crippen LogP contribution < -0.4 is 4.74 Å². The number of aliphatic hydroxyl groups is 1. The lowest BCUT2D eigenvalue weighted by atomic mass is 10.0. The van der Waals surface area contributed by atoms with Crippen LogP contribution >= 0.6 is 0 Å². The van der Waals surface area contributed by atoms with Gasteiger partial charge in [0.05, 0.1) is 12.3 Å². The zero-order chi connectivity index (χ0) is 11.9. The van der Waals surface area contributed by atoms with E-state index >= 15 is 0 Å². The van der Waals surface area contributed by atoms with Crippen LogP contribution in [0.4, 0.5) is 4.39 Å². The van der Waals surface area contributed by atoms with Gasteiger partial charge in [-0.15, -0.1) is 0 Å². The van der Waals surface area contributed by atoms with Gasteiger partial charge in [-0.05, 0) is 12.8 Å². The Bertz CT molecular complexity index is 418. The number of pyridine rings is 1. The lowest BCUT2D eigenvalue weighted by molar-refractivity contribution is 0.109. The van der Waals surface area contributed by atoms with Crippen LogP contribution in [-0.4, -0.2) is 16.7 Å². The molecule has 1 aliphatic heterocycles. The van der Waals surface area contributed by atoms with Crippen molar-refractivity contribution in [3.05, 3.63) is 22.8 Å². The molecular weight excluding hydrogens is 209 g/mol. The molecule has 4 heteroatoms. The molecular formula is C12H16FNO2. The first-order valence-electron chi connectivity index (χ1n) is 5.53. The number of halogens is 1. The van der Waals surface area contributed by atoms with E-state index in [9.17, 15) is 9.50 Å². The van der Waals surface area contributed by atoms with Crippen LogP contribution in [0.2, 0.25) is 0 Å². The topological polar surface area (TPSA) is 42.4 Å². The van der Waals surface area contributed by atoms with E-state index in [1.54, 1.807) is 6.92 Å². The molecule has 3 nitrogen and oxygen atoms in total. The summed E-state index contributed by atoms with van der Waals surface area (Å²) in [6.07, 6.45) is -0.122. The Labute approximate surface area is 94.3 Å². The molecule has 0 radical (unpaired) electrons. The second-order valence-electron chi connectivity index (χ2n) is 4.46. The van der Waals surface area contributed by atoms with Crippen molar-refractivity contribution >= 4 is 0 Å². The number of ether oxygens (including phenoxy) is 1. The molecule has 16 heavy (non-hydrogen) atoms. The van der Waals surface area contributed by atoms with Gasteiger partial charge in [0.25, 0.3) is 0 Å². The van der Waals surface area contributed by atoms with Gasteiger partial charge in [-0.3, -0.25) is 0 Å². The van der Waals surface area contributed by atoms with E-state index in [1.165, 1.54) is 0 Å². The van der Waals surface area contributed by atoms with E-state index in [0.29, 0.717) is 35.7 Å². The molecule has 1 N–H and O–H groups in total. The SMILES string of the molecule is Cc1c(F)c(C(C)C)nc2c1OCCC2O. The van der Waals surface area contributed by atoms with Gasteiger partial charge in [-0.25, -0.2) is 9.37 Å². The molecule has 0 aromatic carbocycles. The number of nitrogens with zero attached hydrogens (tertiary/aromatic N) is 1. The zero-order valence-corrected chi connectivity index (χ0v) is 9.75. The Balaban J connectivity index is 2.62. The van der Waals surface area contributed by atoms with Crippen LogP contribution in [0, 0.1) is 12.7 Å². The summed E-state index contributed by atoms with van der Waals surface area (Å²) in [7, 11) is 0. The van der Waals surface area contributed by atoms with Crippen LogP contribution in [-0.2, 0) is 0 Å². The van der Waals surface area contributed by atoms with Crippen molar-refractivity contribution in [2.45, 2.75) is 39.2 Å².